The van der Waals surface area contributed by atoms with E-state index in [1.165, 1.54) is 19.5 Å². The molecular weight excluding hydrogens is 752 g/mol. The highest BCUT2D eigenvalue weighted by atomic mass is 16.8. The number of aliphatic hydroxyl groups is 2. The lowest BCUT2D eigenvalue weighted by Crippen LogP contribution is -2.98. The van der Waals surface area contributed by atoms with Gasteiger partial charge in [0.2, 0.25) is 5.60 Å². The molecule has 17 heteroatoms. The topological polar surface area (TPSA) is 230 Å². The first-order valence-electron chi connectivity index (χ1n) is 19.4. The van der Waals surface area contributed by atoms with Crippen molar-refractivity contribution >= 4 is 35.8 Å². The molecule has 2 N–H and O–H groups in total. The quantitative estimate of drug-likeness (QED) is 0.270. The molecule has 4 bridgehead atoms. The van der Waals surface area contributed by atoms with Gasteiger partial charge in [-0.3, -0.25) is 28.8 Å². The molecule has 57 heavy (non-hydrogen) atoms. The molecular formula is C40H50O17. The van der Waals surface area contributed by atoms with Crippen molar-refractivity contribution in [1.82, 2.24) is 0 Å². The summed E-state index contributed by atoms with van der Waals surface area (Å²) in [7, 11) is 0. The Morgan fingerprint density at radius 1 is 0.930 bits per heavy atom. The van der Waals surface area contributed by atoms with Gasteiger partial charge in [-0.2, -0.15) is 0 Å². The number of furan rings is 1. The Labute approximate surface area is 328 Å². The summed E-state index contributed by atoms with van der Waals surface area (Å²) in [4.78, 5) is 80.9. The average Bonchev–Trinajstić information content (AvgIpc) is 3.92. The van der Waals surface area contributed by atoms with Crippen LogP contribution in [0.25, 0.3) is 0 Å². The van der Waals surface area contributed by atoms with E-state index in [1.54, 1.807) is 40.7 Å². The third kappa shape index (κ3) is 4.33. The van der Waals surface area contributed by atoms with Crippen molar-refractivity contribution in [1.29, 1.82) is 0 Å². The van der Waals surface area contributed by atoms with Crippen LogP contribution in [0.3, 0.4) is 0 Å². The summed E-state index contributed by atoms with van der Waals surface area (Å²) in [5.41, 5.74) is -14.8. The van der Waals surface area contributed by atoms with Crippen LogP contribution < -0.4 is 0 Å². The number of esters is 6. The Hall–Kier alpha value is -4.06. The second-order valence-electron chi connectivity index (χ2n) is 17.9. The first-order valence-corrected chi connectivity index (χ1v) is 19.4. The van der Waals surface area contributed by atoms with Gasteiger partial charge in [0.1, 0.15) is 35.6 Å². The highest BCUT2D eigenvalue weighted by Crippen LogP contribution is 2.88. The second-order valence-corrected chi connectivity index (χ2v) is 17.9. The first kappa shape index (κ1) is 39.8. The summed E-state index contributed by atoms with van der Waals surface area (Å²) >= 11 is 0. The SMILES string of the molecule is CC[C@@]12C[C@@H]3[C@](C)([C@@H](OC(C)=O)c4ccoc4)[C@@H](OC(=O)C(C)C)[C@@H](OC(C)=O)[C@@]4(O)[C@]3(O1)[C@H](O2)[C@@]1(OC(C)=O)[C@@H](OC(C)=O)[C@]2(C)C[C@@]1(O)[C@]41COC(=O)CC12. The molecule has 7 fully saturated rings. The zero-order chi connectivity index (χ0) is 41.7. The van der Waals surface area contributed by atoms with Gasteiger partial charge in [0, 0.05) is 57.4 Å². The van der Waals surface area contributed by atoms with E-state index in [1.807, 2.05) is 0 Å². The van der Waals surface area contributed by atoms with Crippen molar-refractivity contribution in [3.63, 3.8) is 0 Å². The summed E-state index contributed by atoms with van der Waals surface area (Å²) in [6.45, 7) is 12.1. The normalized spacial score (nSPS) is 47.3. The minimum Gasteiger partial charge on any atom is -0.472 e. The van der Waals surface area contributed by atoms with E-state index in [0.717, 1.165) is 20.8 Å². The molecule has 17 nitrogen and oxygen atoms in total. The maximum absolute atomic E-state index is 14.6. The van der Waals surface area contributed by atoms with E-state index in [-0.39, 0.29) is 19.3 Å². The highest BCUT2D eigenvalue weighted by molar-refractivity contribution is 5.75. The Morgan fingerprint density at radius 3 is 2.18 bits per heavy atom. The van der Waals surface area contributed by atoms with Crippen molar-refractivity contribution in [3.05, 3.63) is 24.2 Å². The molecule has 1 aromatic rings. The lowest BCUT2D eigenvalue weighted by Gasteiger charge is -2.77. The Bertz CT molecular complexity index is 1950. The summed E-state index contributed by atoms with van der Waals surface area (Å²) < 4.78 is 56.9. The molecule has 3 aliphatic heterocycles. The molecule has 4 saturated carbocycles. The van der Waals surface area contributed by atoms with Crippen molar-refractivity contribution < 1.29 is 81.3 Å². The Balaban J connectivity index is 1.55. The summed E-state index contributed by atoms with van der Waals surface area (Å²) in [5.74, 6) is -9.52. The number of carbonyl (C=O) groups is 6. The number of carbonyl (C=O) groups excluding carboxylic acids is 6. The summed E-state index contributed by atoms with van der Waals surface area (Å²) in [6, 6.07) is 1.55. The van der Waals surface area contributed by atoms with Crippen LogP contribution in [0.2, 0.25) is 0 Å². The van der Waals surface area contributed by atoms with Gasteiger partial charge < -0.3 is 52.5 Å². The summed E-state index contributed by atoms with van der Waals surface area (Å²) in [6.07, 6.45) is -6.23. The number of fused-ring (bicyclic) bond motifs is 4. The fourth-order valence-electron chi connectivity index (χ4n) is 13.3. The van der Waals surface area contributed by atoms with Crippen LogP contribution in [-0.2, 0) is 66.7 Å². The molecule has 15 atom stereocenters. The maximum atomic E-state index is 14.6. The molecule has 312 valence electrons. The van der Waals surface area contributed by atoms with Gasteiger partial charge in [0.25, 0.3) is 0 Å². The van der Waals surface area contributed by atoms with E-state index >= 15 is 0 Å². The van der Waals surface area contributed by atoms with Crippen LogP contribution in [0.1, 0.15) is 99.7 Å². The third-order valence-corrected chi connectivity index (χ3v) is 14.9. The second kappa shape index (κ2) is 12.0. The average molecular weight is 803 g/mol. The van der Waals surface area contributed by atoms with E-state index in [9.17, 15) is 39.0 Å². The Kier molecular flexibility index (Phi) is 8.37. The van der Waals surface area contributed by atoms with Gasteiger partial charge in [0.15, 0.2) is 24.1 Å². The predicted octanol–water partition coefficient (Wildman–Crippen LogP) is 2.37. The van der Waals surface area contributed by atoms with E-state index < -0.39 is 142 Å². The zero-order valence-electron chi connectivity index (χ0n) is 33.4. The van der Waals surface area contributed by atoms with Gasteiger partial charge in [-0.05, 0) is 24.8 Å². The van der Waals surface area contributed by atoms with Gasteiger partial charge in [0.05, 0.1) is 29.3 Å². The van der Waals surface area contributed by atoms with E-state index in [0.29, 0.717) is 5.56 Å². The van der Waals surface area contributed by atoms with Gasteiger partial charge >= 0.3 is 35.8 Å². The molecule has 7 aliphatic rings. The van der Waals surface area contributed by atoms with E-state index in [2.05, 4.69) is 0 Å². The number of hydrogen-bond acceptors (Lipinski definition) is 17. The van der Waals surface area contributed by atoms with Crippen molar-refractivity contribution in [2.45, 2.75) is 147 Å². The molecule has 2 spiro atoms. The lowest BCUT2D eigenvalue weighted by atomic mass is 9.32. The maximum Gasteiger partial charge on any atom is 0.308 e. The van der Waals surface area contributed by atoms with Crippen molar-refractivity contribution in [2.24, 2.45) is 34.0 Å². The fraction of sp³-hybridized carbons (Fsp3) is 0.750. The van der Waals surface area contributed by atoms with Crippen molar-refractivity contribution in [3.8, 4) is 0 Å². The molecule has 0 radical (unpaired) electrons. The fourth-order valence-corrected chi connectivity index (χ4v) is 13.3. The minimum atomic E-state index is -2.73. The lowest BCUT2D eigenvalue weighted by molar-refractivity contribution is -0.449. The van der Waals surface area contributed by atoms with Crippen LogP contribution >= 0.6 is 0 Å². The van der Waals surface area contributed by atoms with E-state index in [4.69, 9.17) is 42.3 Å². The molecule has 1 unspecified atom stereocenters. The molecule has 0 amide bonds. The predicted molar refractivity (Wildman–Crippen MR) is 186 cm³/mol. The Morgan fingerprint density at radius 2 is 1.61 bits per heavy atom. The summed E-state index contributed by atoms with van der Waals surface area (Å²) in [5, 5.41) is 28.5. The van der Waals surface area contributed by atoms with Crippen LogP contribution in [-0.4, -0.2) is 105 Å². The van der Waals surface area contributed by atoms with Gasteiger partial charge in [-0.25, -0.2) is 0 Å². The highest BCUT2D eigenvalue weighted by Gasteiger charge is 3.05. The molecule has 8 rings (SSSR count). The number of ether oxygens (including phenoxy) is 8. The molecule has 0 aromatic carbocycles. The molecule has 3 saturated heterocycles. The number of hydrogen-bond donors (Lipinski definition) is 2. The molecule has 4 heterocycles. The monoisotopic (exact) mass is 802 g/mol. The smallest absolute Gasteiger partial charge is 0.308 e. The van der Waals surface area contributed by atoms with Crippen LogP contribution in [0.5, 0.6) is 0 Å². The number of cyclic esters (lactones) is 1. The van der Waals surface area contributed by atoms with Crippen LogP contribution in [0.4, 0.5) is 0 Å². The first-order chi connectivity index (χ1) is 26.5. The molecule has 1 aromatic heterocycles. The minimum absolute atomic E-state index is 0.0679. The molecule has 4 aliphatic carbocycles. The zero-order valence-corrected chi connectivity index (χ0v) is 33.4. The standard InChI is InChI=1S/C40H50O17/c1-10-35-14-25-34(9,27(51-19(4)41)23-11-12-49-15-23)28(54-30(46)18(2)3)29(52-20(5)42)40(48)36-17-50-26(45)13-24(36)33(8)16-37(36,47)39(55-22(7)44,31(33)53-21(6)43)32(56-35)38(25,40)57-35/h11-12,15,18,24-25,27-29,31-32,47-48H,10,13-14,16-17H2,1-9H3/t24?,25-,27+,28+,29-,31+,32+,33-,34-,35+,36-,37-,38-,39+,40+/m1/s1. The van der Waals surface area contributed by atoms with Gasteiger partial charge in [-0.1, -0.05) is 34.6 Å². The van der Waals surface area contributed by atoms with Crippen LogP contribution in [0, 0.1) is 34.0 Å². The van der Waals surface area contributed by atoms with Crippen molar-refractivity contribution in [2.75, 3.05) is 6.61 Å². The van der Waals surface area contributed by atoms with Crippen LogP contribution in [0.15, 0.2) is 23.0 Å². The van der Waals surface area contributed by atoms with Gasteiger partial charge in [-0.15, -0.1) is 0 Å². The number of rotatable bonds is 9. The third-order valence-electron chi connectivity index (χ3n) is 14.9. The largest absolute Gasteiger partial charge is 0.472 e.